The molecule has 0 aromatic rings. The molecule has 2 saturated heterocycles. The van der Waals surface area contributed by atoms with Gasteiger partial charge in [-0.25, -0.2) is 8.42 Å². The molecule has 0 radical (unpaired) electrons. The smallest absolute Gasteiger partial charge is 0.154 e. The van der Waals surface area contributed by atoms with Gasteiger partial charge in [-0.1, -0.05) is 0 Å². The van der Waals surface area contributed by atoms with Crippen molar-refractivity contribution in [3.63, 3.8) is 0 Å². The van der Waals surface area contributed by atoms with Gasteiger partial charge in [-0.15, -0.1) is 12.4 Å². The van der Waals surface area contributed by atoms with E-state index in [0.29, 0.717) is 18.2 Å². The van der Waals surface area contributed by atoms with Crippen LogP contribution in [0.25, 0.3) is 0 Å². The van der Waals surface area contributed by atoms with Crippen LogP contribution in [0.15, 0.2) is 0 Å². The lowest BCUT2D eigenvalue weighted by Gasteiger charge is -2.03. The Kier molecular flexibility index (Phi) is 2.46. The van der Waals surface area contributed by atoms with E-state index in [2.05, 4.69) is 5.32 Å². The van der Waals surface area contributed by atoms with Gasteiger partial charge in [0.1, 0.15) is 0 Å². The lowest BCUT2D eigenvalue weighted by molar-refractivity contribution is 0.576. The van der Waals surface area contributed by atoms with Crippen LogP contribution in [0.5, 0.6) is 0 Å². The Morgan fingerprint density at radius 2 is 2.00 bits per heavy atom. The van der Waals surface area contributed by atoms with Crippen molar-refractivity contribution in [2.24, 2.45) is 5.92 Å². The highest BCUT2D eigenvalue weighted by Crippen LogP contribution is 2.28. The first kappa shape index (κ1) is 9.29. The Morgan fingerprint density at radius 3 is 2.64 bits per heavy atom. The monoisotopic (exact) mass is 197 g/mol. The van der Waals surface area contributed by atoms with Crippen molar-refractivity contribution in [3.05, 3.63) is 0 Å². The molecule has 2 atom stereocenters. The van der Waals surface area contributed by atoms with Crippen LogP contribution >= 0.6 is 12.4 Å². The quantitative estimate of drug-likeness (QED) is 0.586. The molecule has 0 aliphatic carbocycles. The van der Waals surface area contributed by atoms with Gasteiger partial charge in [0.25, 0.3) is 0 Å². The maximum atomic E-state index is 11.2. The van der Waals surface area contributed by atoms with E-state index in [0.717, 1.165) is 13.0 Å². The van der Waals surface area contributed by atoms with E-state index in [9.17, 15) is 8.42 Å². The predicted molar refractivity (Wildman–Crippen MR) is 45.8 cm³/mol. The summed E-state index contributed by atoms with van der Waals surface area (Å²) < 4.78 is 22.4. The van der Waals surface area contributed by atoms with Crippen molar-refractivity contribution in [1.82, 2.24) is 5.32 Å². The van der Waals surface area contributed by atoms with Gasteiger partial charge in [0.2, 0.25) is 0 Å². The van der Waals surface area contributed by atoms with E-state index in [1.54, 1.807) is 0 Å². The summed E-state index contributed by atoms with van der Waals surface area (Å²) in [5, 5.41) is 3.05. The third kappa shape index (κ3) is 1.39. The summed E-state index contributed by atoms with van der Waals surface area (Å²) >= 11 is 0. The molecule has 2 fully saturated rings. The Balaban J connectivity index is 0.000000605. The van der Waals surface area contributed by atoms with Crippen LogP contribution in [0.4, 0.5) is 0 Å². The molecular weight excluding hydrogens is 186 g/mol. The third-order valence-corrected chi connectivity index (χ3v) is 4.79. The van der Waals surface area contributed by atoms with Gasteiger partial charge in [0.15, 0.2) is 9.84 Å². The number of halogens is 1. The van der Waals surface area contributed by atoms with Crippen LogP contribution in [-0.4, -0.2) is 32.5 Å². The van der Waals surface area contributed by atoms with Gasteiger partial charge in [0, 0.05) is 6.54 Å². The van der Waals surface area contributed by atoms with Crippen molar-refractivity contribution in [2.45, 2.75) is 11.7 Å². The molecule has 66 valence electrons. The Morgan fingerprint density at radius 1 is 1.27 bits per heavy atom. The highest BCUT2D eigenvalue weighted by Gasteiger charge is 2.42. The molecule has 2 heterocycles. The fourth-order valence-corrected chi connectivity index (χ4v) is 4.01. The first-order chi connectivity index (χ1) is 4.70. The molecule has 0 aromatic heterocycles. The standard InChI is InChI=1S/C6H11NO2S.ClH/c8-10(9)2-1-5-3-7-4-6(5)10;/h5-7H,1-4H2;1H. The maximum Gasteiger partial charge on any atom is 0.154 e. The molecular formula is C6H12ClNO2S. The molecule has 1 N–H and O–H groups in total. The fourth-order valence-electron chi connectivity index (χ4n) is 1.88. The highest BCUT2D eigenvalue weighted by atomic mass is 35.5. The topological polar surface area (TPSA) is 46.2 Å². The minimum Gasteiger partial charge on any atom is -0.315 e. The minimum absolute atomic E-state index is 0. The first-order valence-electron chi connectivity index (χ1n) is 3.62. The number of fused-ring (bicyclic) bond motifs is 1. The number of nitrogens with one attached hydrogen (secondary N) is 1. The van der Waals surface area contributed by atoms with Crippen LogP contribution < -0.4 is 5.32 Å². The van der Waals surface area contributed by atoms with Gasteiger partial charge in [-0.2, -0.15) is 0 Å². The van der Waals surface area contributed by atoms with E-state index in [-0.39, 0.29) is 17.7 Å². The summed E-state index contributed by atoms with van der Waals surface area (Å²) in [5.74, 6) is 0.842. The van der Waals surface area contributed by atoms with Gasteiger partial charge < -0.3 is 5.32 Å². The lowest BCUT2D eigenvalue weighted by Crippen LogP contribution is -2.22. The van der Waals surface area contributed by atoms with Crippen molar-refractivity contribution in [2.75, 3.05) is 18.8 Å². The van der Waals surface area contributed by atoms with E-state index in [1.165, 1.54) is 0 Å². The normalized spacial score (nSPS) is 39.6. The average Bonchev–Trinajstić information content (AvgIpc) is 2.36. The minimum atomic E-state index is -2.69. The Bertz CT molecular complexity index is 239. The van der Waals surface area contributed by atoms with Crippen molar-refractivity contribution >= 4 is 22.2 Å². The zero-order valence-electron chi connectivity index (χ0n) is 6.12. The molecule has 0 saturated carbocycles. The second kappa shape index (κ2) is 2.92. The third-order valence-electron chi connectivity index (χ3n) is 2.51. The number of hydrogen-bond acceptors (Lipinski definition) is 3. The van der Waals surface area contributed by atoms with Gasteiger partial charge >= 0.3 is 0 Å². The van der Waals surface area contributed by atoms with Crippen LogP contribution in [0, 0.1) is 5.92 Å². The largest absolute Gasteiger partial charge is 0.315 e. The van der Waals surface area contributed by atoms with E-state index >= 15 is 0 Å². The highest BCUT2D eigenvalue weighted by molar-refractivity contribution is 7.92. The molecule has 0 aromatic carbocycles. The van der Waals surface area contributed by atoms with Gasteiger partial charge in [0.05, 0.1) is 11.0 Å². The predicted octanol–water partition coefficient (Wildman–Crippen LogP) is -0.185. The second-order valence-electron chi connectivity index (χ2n) is 3.11. The zero-order chi connectivity index (χ0) is 7.19. The summed E-state index contributed by atoms with van der Waals surface area (Å²) in [5.41, 5.74) is 0. The van der Waals surface area contributed by atoms with E-state index in [4.69, 9.17) is 0 Å². The summed E-state index contributed by atoms with van der Waals surface area (Å²) in [6.45, 7) is 1.59. The van der Waals surface area contributed by atoms with Crippen molar-refractivity contribution in [3.8, 4) is 0 Å². The number of hydrogen-bond donors (Lipinski definition) is 1. The molecule has 2 unspecified atom stereocenters. The Labute approximate surface area is 72.9 Å². The number of rotatable bonds is 0. The van der Waals surface area contributed by atoms with Crippen molar-refractivity contribution in [1.29, 1.82) is 0 Å². The van der Waals surface area contributed by atoms with Crippen LogP contribution in [-0.2, 0) is 9.84 Å². The van der Waals surface area contributed by atoms with E-state index in [1.807, 2.05) is 0 Å². The molecule has 3 nitrogen and oxygen atoms in total. The van der Waals surface area contributed by atoms with Crippen molar-refractivity contribution < 1.29 is 8.42 Å². The van der Waals surface area contributed by atoms with Crippen LogP contribution in [0.1, 0.15) is 6.42 Å². The van der Waals surface area contributed by atoms with E-state index < -0.39 is 9.84 Å². The van der Waals surface area contributed by atoms with Crippen LogP contribution in [0.2, 0.25) is 0 Å². The second-order valence-corrected chi connectivity index (χ2v) is 5.45. The summed E-state index contributed by atoms with van der Waals surface area (Å²) in [7, 11) is -2.69. The summed E-state index contributed by atoms with van der Waals surface area (Å²) in [6, 6.07) is 0. The molecule has 0 bridgehead atoms. The van der Waals surface area contributed by atoms with Gasteiger partial charge in [-0.05, 0) is 18.9 Å². The molecule has 0 amide bonds. The van der Waals surface area contributed by atoms with Gasteiger partial charge in [-0.3, -0.25) is 0 Å². The molecule has 0 spiro atoms. The molecule has 2 aliphatic heterocycles. The number of sulfone groups is 1. The first-order valence-corrected chi connectivity index (χ1v) is 5.34. The molecule has 11 heavy (non-hydrogen) atoms. The fraction of sp³-hybridized carbons (Fsp3) is 1.00. The zero-order valence-corrected chi connectivity index (χ0v) is 7.75. The summed E-state index contributed by atoms with van der Waals surface area (Å²) in [6.07, 6.45) is 0.875. The molecule has 2 rings (SSSR count). The lowest BCUT2D eigenvalue weighted by atomic mass is 10.1. The Hall–Kier alpha value is 0.200. The SMILES string of the molecule is Cl.O=S1(=O)CCC2CNCC21. The average molecular weight is 198 g/mol. The maximum absolute atomic E-state index is 11.2. The van der Waals surface area contributed by atoms with Crippen LogP contribution in [0.3, 0.4) is 0 Å². The summed E-state index contributed by atoms with van der Waals surface area (Å²) in [4.78, 5) is 0. The molecule has 2 aliphatic rings. The molecule has 5 heteroatoms.